The van der Waals surface area contributed by atoms with Gasteiger partial charge in [0.2, 0.25) is 12.7 Å². The number of hydrogen-bond donors (Lipinski definition) is 0. The largest absolute Gasteiger partial charge is 0.550 e. The van der Waals surface area contributed by atoms with E-state index in [4.69, 9.17) is 9.47 Å². The summed E-state index contributed by atoms with van der Waals surface area (Å²) in [5, 5.41) is 19.0. The summed E-state index contributed by atoms with van der Waals surface area (Å²) in [5.74, 6) is -1.59. The Labute approximate surface area is 479 Å². The Bertz CT molecular complexity index is 2840. The second kappa shape index (κ2) is 31.8. The molecule has 0 N–H and O–H groups in total. The Balaban J connectivity index is 0.000000221. The zero-order valence-corrected chi connectivity index (χ0v) is 49.3. The smallest absolute Gasteiger partial charge is 0.243 e. The molecule has 0 aliphatic heterocycles. The fourth-order valence-corrected chi connectivity index (χ4v) is 9.42. The number of imidazole rings is 2. The number of hydrogen-bond acceptors (Lipinski definition) is 6. The molecule has 0 aliphatic carbocycles. The maximum absolute atomic E-state index is 9.50. The van der Waals surface area contributed by atoms with Crippen LogP contribution in [0.3, 0.4) is 0 Å². The van der Waals surface area contributed by atoms with Crippen LogP contribution in [0, 0.1) is 13.8 Å². The first-order chi connectivity index (χ1) is 37.6. The van der Waals surface area contributed by atoms with Gasteiger partial charge in [0, 0.05) is 20.9 Å². The van der Waals surface area contributed by atoms with Gasteiger partial charge in [-0.25, -0.2) is 18.3 Å². The van der Waals surface area contributed by atoms with E-state index in [1.54, 1.807) is 0 Å². The Hall–Kier alpha value is -6.44. The fraction of sp³-hybridized carbons (Fsp3) is 0.333. The molecule has 8 aromatic rings. The molecule has 0 fully saturated rings. The van der Waals surface area contributed by atoms with Crippen molar-refractivity contribution in [2.75, 3.05) is 0 Å². The van der Waals surface area contributed by atoms with Gasteiger partial charge in [-0.15, -0.1) is 0 Å². The van der Waals surface area contributed by atoms with Crippen LogP contribution in [0.25, 0.3) is 0 Å². The molecule has 0 amide bonds. The van der Waals surface area contributed by atoms with Crippen LogP contribution in [0.15, 0.2) is 192 Å². The fourth-order valence-electron chi connectivity index (χ4n) is 8.89. The van der Waals surface area contributed by atoms with Gasteiger partial charge < -0.3 is 29.3 Å². The SMILES string of the molecule is Cc1ccc(C(C)C)cc1CCCn1cc[n+](CC(OCc2ccc(Br)cc2)c2ccccc2)c1.Cc1ccc(C(C)C)cc1CCCn1cc[n+](CC(OCc2ccc(Br)cc2)c2ccccc2)c1.O=C([O-])CCC(=O)[O-]. The number of carbonyl (C=O) groups is 2. The van der Waals surface area contributed by atoms with E-state index in [1.807, 2.05) is 0 Å². The van der Waals surface area contributed by atoms with Gasteiger partial charge in [-0.05, 0) is 144 Å². The van der Waals surface area contributed by atoms with Gasteiger partial charge in [-0.3, -0.25) is 0 Å². The molecule has 0 saturated heterocycles. The van der Waals surface area contributed by atoms with Crippen molar-refractivity contribution in [3.8, 4) is 0 Å². The molecule has 2 unspecified atom stereocenters. The Morgan fingerprint density at radius 1 is 0.513 bits per heavy atom. The minimum Gasteiger partial charge on any atom is -0.550 e. The lowest BCUT2D eigenvalue weighted by Crippen LogP contribution is -2.35. The molecule has 10 nitrogen and oxygen atoms in total. The lowest BCUT2D eigenvalue weighted by atomic mass is 9.95. The van der Waals surface area contributed by atoms with E-state index >= 15 is 0 Å². The molecule has 0 saturated carbocycles. The maximum atomic E-state index is 9.50. The molecule has 410 valence electrons. The van der Waals surface area contributed by atoms with E-state index in [2.05, 4.69) is 275 Å². The van der Waals surface area contributed by atoms with E-state index in [9.17, 15) is 19.8 Å². The number of nitrogens with zero attached hydrogens (tertiary/aromatic N) is 4. The zero-order chi connectivity index (χ0) is 55.8. The molecule has 6 aromatic carbocycles. The predicted molar refractivity (Wildman–Crippen MR) is 312 cm³/mol. The van der Waals surface area contributed by atoms with Crippen molar-refractivity contribution >= 4 is 43.8 Å². The summed E-state index contributed by atoms with van der Waals surface area (Å²) in [5.41, 5.74) is 13.3. The lowest BCUT2D eigenvalue weighted by molar-refractivity contribution is -0.705. The topological polar surface area (TPSA) is 116 Å². The number of aliphatic carboxylic acids is 2. The molecular weight excluding hydrogens is 1100 g/mol. The molecule has 2 heterocycles. The number of aryl methyl sites for hydroxylation is 6. The maximum Gasteiger partial charge on any atom is 0.243 e. The monoisotopic (exact) mass is 1180 g/mol. The van der Waals surface area contributed by atoms with Gasteiger partial charge >= 0.3 is 0 Å². The summed E-state index contributed by atoms with van der Waals surface area (Å²) in [4.78, 5) is 19.0. The van der Waals surface area contributed by atoms with Gasteiger partial charge in [0.25, 0.3) is 0 Å². The van der Waals surface area contributed by atoms with E-state index < -0.39 is 24.8 Å². The molecule has 2 aromatic heterocycles. The van der Waals surface area contributed by atoms with Crippen LogP contribution < -0.4 is 19.3 Å². The highest BCUT2D eigenvalue weighted by Gasteiger charge is 2.19. The highest BCUT2D eigenvalue weighted by molar-refractivity contribution is 9.10. The Morgan fingerprint density at radius 3 is 1.23 bits per heavy atom. The quantitative estimate of drug-likeness (QED) is 0.0526. The Kier molecular flexibility index (Phi) is 24.8. The van der Waals surface area contributed by atoms with E-state index in [-0.39, 0.29) is 12.2 Å². The van der Waals surface area contributed by atoms with Crippen molar-refractivity contribution in [1.82, 2.24) is 9.13 Å². The molecule has 78 heavy (non-hydrogen) atoms. The number of rotatable bonds is 25. The molecule has 12 heteroatoms. The van der Waals surface area contributed by atoms with Crippen LogP contribution in [-0.4, -0.2) is 21.1 Å². The van der Waals surface area contributed by atoms with Crippen LogP contribution in [0.2, 0.25) is 0 Å². The van der Waals surface area contributed by atoms with E-state index in [1.165, 1.54) is 55.6 Å². The number of carboxylic acids is 2. The lowest BCUT2D eigenvalue weighted by Gasteiger charge is -2.17. The van der Waals surface area contributed by atoms with Crippen LogP contribution in [0.4, 0.5) is 0 Å². The molecule has 8 rings (SSSR count). The molecule has 0 radical (unpaired) electrons. The first-order valence-corrected chi connectivity index (χ1v) is 28.7. The minimum atomic E-state index is -1.37. The molecule has 2 atom stereocenters. The average molecular weight is 1180 g/mol. The van der Waals surface area contributed by atoms with Crippen molar-refractivity contribution in [2.24, 2.45) is 0 Å². The van der Waals surface area contributed by atoms with Crippen molar-refractivity contribution < 1.29 is 38.4 Å². The first-order valence-electron chi connectivity index (χ1n) is 27.1. The summed E-state index contributed by atoms with van der Waals surface area (Å²) in [6.07, 6.45) is 16.6. The van der Waals surface area contributed by atoms with Gasteiger partial charge in [0.05, 0.1) is 26.3 Å². The van der Waals surface area contributed by atoms with Crippen LogP contribution in [-0.2, 0) is 71.3 Å². The number of halogens is 2. The van der Waals surface area contributed by atoms with Crippen LogP contribution in [0.1, 0.15) is 133 Å². The third kappa shape index (κ3) is 21.1. The normalized spacial score (nSPS) is 11.9. The third-order valence-corrected chi connectivity index (χ3v) is 14.7. The second-order valence-electron chi connectivity index (χ2n) is 20.5. The van der Waals surface area contributed by atoms with Crippen LogP contribution >= 0.6 is 31.9 Å². The third-order valence-electron chi connectivity index (χ3n) is 13.7. The van der Waals surface area contributed by atoms with Crippen molar-refractivity contribution in [3.63, 3.8) is 0 Å². The van der Waals surface area contributed by atoms with E-state index in [0.29, 0.717) is 25.0 Å². The summed E-state index contributed by atoms with van der Waals surface area (Å²) < 4.78 is 24.0. The van der Waals surface area contributed by atoms with Crippen molar-refractivity contribution in [1.29, 1.82) is 0 Å². The summed E-state index contributed by atoms with van der Waals surface area (Å²) in [6.45, 7) is 18.2. The van der Waals surface area contributed by atoms with Crippen LogP contribution in [0.5, 0.6) is 0 Å². The highest BCUT2D eigenvalue weighted by Crippen LogP contribution is 2.24. The van der Waals surface area contributed by atoms with Gasteiger partial charge in [-0.2, -0.15) is 0 Å². The Morgan fingerprint density at radius 2 is 0.885 bits per heavy atom. The predicted octanol–water partition coefficient (Wildman–Crippen LogP) is 12.4. The number of aromatic nitrogens is 4. The second-order valence-corrected chi connectivity index (χ2v) is 22.3. The van der Waals surface area contributed by atoms with E-state index in [0.717, 1.165) is 60.8 Å². The zero-order valence-electron chi connectivity index (χ0n) is 46.1. The number of benzene rings is 6. The van der Waals surface area contributed by atoms with Gasteiger partial charge in [-0.1, -0.05) is 181 Å². The first kappa shape index (κ1) is 60.8. The number of carbonyl (C=O) groups excluding carboxylic acids is 2. The molecule has 0 spiro atoms. The molecule has 0 aliphatic rings. The average Bonchev–Trinajstić information content (AvgIpc) is 4.10. The standard InChI is InChI=1S/2C31H36BrN2O.C4H6O4/c2*1-24(2)28-14-11-25(3)29(20-28)10-7-17-33-18-19-34(23-33)21-31(27-8-5-4-6-9-27)35-22-26-12-15-30(32)16-13-26;5-3(6)1-2-4(7)8/h2*4-6,8-9,11-16,18-20,23-24,31H,7,10,17,21-22H2,1-3H3;1-2H2,(H,5,6)(H,7,8)/q2*+1;/p-2. The summed E-state index contributed by atoms with van der Waals surface area (Å²) >= 11 is 7.01. The number of ether oxygens (including phenoxy) is 2. The van der Waals surface area contributed by atoms with Crippen molar-refractivity contribution in [3.05, 3.63) is 248 Å². The van der Waals surface area contributed by atoms with Gasteiger partial charge in [0.15, 0.2) is 0 Å². The molecule has 0 bridgehead atoms. The summed E-state index contributed by atoms with van der Waals surface area (Å²) in [7, 11) is 0. The molecular formula is C66H76Br2N4O6. The highest BCUT2D eigenvalue weighted by atomic mass is 79.9. The minimum absolute atomic E-state index is 0.0119. The van der Waals surface area contributed by atoms with Crippen molar-refractivity contribution in [2.45, 2.75) is 144 Å². The van der Waals surface area contributed by atoms with Gasteiger partial charge in [0.1, 0.15) is 50.1 Å². The number of carboxylic acid groups (broad SMARTS) is 2. The summed E-state index contributed by atoms with van der Waals surface area (Å²) in [6, 6.07) is 51.5.